The first-order valence-electron chi connectivity index (χ1n) is 10.2. The third kappa shape index (κ3) is 4.83. The van der Waals surface area contributed by atoms with Gasteiger partial charge < -0.3 is 18.9 Å². The Morgan fingerprint density at radius 2 is 1.45 bits per heavy atom. The Kier molecular flexibility index (Phi) is 6.60. The van der Waals surface area contributed by atoms with Crippen LogP contribution in [0.1, 0.15) is 22.8 Å². The second-order valence-corrected chi connectivity index (χ2v) is 8.20. The molecule has 1 heterocycles. The fraction of sp³-hybridized carbons (Fsp3) is 0.154. The van der Waals surface area contributed by atoms with Gasteiger partial charge in [0.2, 0.25) is 6.79 Å². The SMILES string of the molecule is COc1ccc(-c2sc3cc(OC)ccc3c2C(=O)c2ccc(OCOC(C)=O)cc2)cc1. The van der Waals surface area contributed by atoms with Crippen LogP contribution in [0.4, 0.5) is 0 Å². The van der Waals surface area contributed by atoms with E-state index in [0.29, 0.717) is 16.9 Å². The van der Waals surface area contributed by atoms with E-state index in [1.165, 1.54) is 6.92 Å². The van der Waals surface area contributed by atoms with Crippen LogP contribution in [0.3, 0.4) is 0 Å². The number of carbonyl (C=O) groups is 2. The summed E-state index contributed by atoms with van der Waals surface area (Å²) in [5, 5.41) is 0.867. The van der Waals surface area contributed by atoms with Gasteiger partial charge in [0.25, 0.3) is 0 Å². The Morgan fingerprint density at radius 1 is 0.818 bits per heavy atom. The molecule has 0 radical (unpaired) electrons. The number of hydrogen-bond donors (Lipinski definition) is 0. The number of benzene rings is 3. The number of methoxy groups -OCH3 is 2. The van der Waals surface area contributed by atoms with Crippen LogP contribution in [0.25, 0.3) is 20.5 Å². The van der Waals surface area contributed by atoms with Gasteiger partial charge in [-0.3, -0.25) is 9.59 Å². The molecule has 0 saturated carbocycles. The van der Waals surface area contributed by atoms with Crippen LogP contribution in [0, 0.1) is 0 Å². The zero-order valence-corrected chi connectivity index (χ0v) is 19.2. The fourth-order valence-electron chi connectivity index (χ4n) is 3.40. The molecule has 7 heteroatoms. The number of ether oxygens (including phenoxy) is 4. The molecule has 0 aliphatic rings. The summed E-state index contributed by atoms with van der Waals surface area (Å²) in [4.78, 5) is 25.4. The molecule has 0 atom stereocenters. The highest BCUT2D eigenvalue weighted by atomic mass is 32.1. The van der Waals surface area contributed by atoms with Gasteiger partial charge >= 0.3 is 5.97 Å². The maximum absolute atomic E-state index is 13.6. The van der Waals surface area contributed by atoms with Crippen molar-refractivity contribution in [2.75, 3.05) is 21.0 Å². The molecule has 0 unspecified atom stereocenters. The number of rotatable bonds is 8. The van der Waals surface area contributed by atoms with Crippen LogP contribution in [-0.4, -0.2) is 32.8 Å². The van der Waals surface area contributed by atoms with E-state index in [-0.39, 0.29) is 12.6 Å². The third-order valence-corrected chi connectivity index (χ3v) is 6.28. The minimum atomic E-state index is -0.422. The van der Waals surface area contributed by atoms with E-state index in [1.54, 1.807) is 49.8 Å². The zero-order chi connectivity index (χ0) is 23.4. The van der Waals surface area contributed by atoms with E-state index >= 15 is 0 Å². The number of ketones is 1. The Balaban J connectivity index is 1.73. The zero-order valence-electron chi connectivity index (χ0n) is 18.4. The van der Waals surface area contributed by atoms with Gasteiger partial charge in [-0.05, 0) is 72.3 Å². The van der Waals surface area contributed by atoms with E-state index in [1.807, 2.05) is 42.5 Å². The molecule has 3 aromatic carbocycles. The van der Waals surface area contributed by atoms with E-state index in [0.717, 1.165) is 32.0 Å². The minimum Gasteiger partial charge on any atom is -0.497 e. The van der Waals surface area contributed by atoms with Crippen molar-refractivity contribution in [2.45, 2.75) is 6.92 Å². The van der Waals surface area contributed by atoms with Crippen molar-refractivity contribution in [2.24, 2.45) is 0 Å². The average Bonchev–Trinajstić information content (AvgIpc) is 3.22. The summed E-state index contributed by atoms with van der Waals surface area (Å²) in [6.07, 6.45) is 0. The molecular formula is C26H22O6S. The smallest absolute Gasteiger partial charge is 0.305 e. The molecule has 0 aliphatic heterocycles. The van der Waals surface area contributed by atoms with Crippen molar-refractivity contribution in [3.05, 3.63) is 77.9 Å². The van der Waals surface area contributed by atoms with Crippen LogP contribution in [0.2, 0.25) is 0 Å². The van der Waals surface area contributed by atoms with Crippen LogP contribution in [-0.2, 0) is 9.53 Å². The molecule has 0 spiro atoms. The van der Waals surface area contributed by atoms with Gasteiger partial charge in [-0.2, -0.15) is 0 Å². The first-order valence-corrected chi connectivity index (χ1v) is 11.0. The number of carbonyl (C=O) groups excluding carboxylic acids is 2. The molecule has 1 aromatic heterocycles. The molecule has 4 aromatic rings. The highest BCUT2D eigenvalue weighted by Crippen LogP contribution is 2.41. The Morgan fingerprint density at radius 3 is 2.09 bits per heavy atom. The number of fused-ring (bicyclic) bond motifs is 1. The molecule has 4 rings (SSSR count). The lowest BCUT2D eigenvalue weighted by molar-refractivity contribution is -0.147. The topological polar surface area (TPSA) is 71.1 Å². The van der Waals surface area contributed by atoms with Crippen LogP contribution >= 0.6 is 11.3 Å². The molecule has 168 valence electrons. The fourth-order valence-corrected chi connectivity index (χ4v) is 4.64. The quantitative estimate of drug-likeness (QED) is 0.190. The molecule has 0 saturated heterocycles. The van der Waals surface area contributed by atoms with Crippen molar-refractivity contribution in [3.8, 4) is 27.7 Å². The van der Waals surface area contributed by atoms with Gasteiger partial charge in [-0.1, -0.05) is 0 Å². The van der Waals surface area contributed by atoms with Crippen molar-refractivity contribution < 1.29 is 28.5 Å². The van der Waals surface area contributed by atoms with Crippen LogP contribution in [0.5, 0.6) is 17.2 Å². The van der Waals surface area contributed by atoms with Crippen LogP contribution < -0.4 is 14.2 Å². The van der Waals surface area contributed by atoms with E-state index < -0.39 is 5.97 Å². The van der Waals surface area contributed by atoms with E-state index in [9.17, 15) is 9.59 Å². The average molecular weight is 463 g/mol. The largest absolute Gasteiger partial charge is 0.497 e. The van der Waals surface area contributed by atoms with Gasteiger partial charge in [-0.25, -0.2) is 0 Å². The van der Waals surface area contributed by atoms with E-state index in [2.05, 4.69) is 0 Å². The number of thiophene rings is 1. The third-order valence-electron chi connectivity index (χ3n) is 5.08. The molecule has 0 aliphatic carbocycles. The number of esters is 1. The van der Waals surface area contributed by atoms with Crippen molar-refractivity contribution >= 4 is 33.2 Å². The Labute approximate surface area is 195 Å². The number of hydrogen-bond acceptors (Lipinski definition) is 7. The lowest BCUT2D eigenvalue weighted by Crippen LogP contribution is -2.07. The van der Waals surface area contributed by atoms with Gasteiger partial charge in [0.1, 0.15) is 17.2 Å². The first kappa shape index (κ1) is 22.4. The maximum Gasteiger partial charge on any atom is 0.305 e. The van der Waals surface area contributed by atoms with Crippen molar-refractivity contribution in [1.82, 2.24) is 0 Å². The van der Waals surface area contributed by atoms with Crippen molar-refractivity contribution in [1.29, 1.82) is 0 Å². The Bertz CT molecular complexity index is 1290. The first-order chi connectivity index (χ1) is 16.0. The van der Waals surface area contributed by atoms with E-state index in [4.69, 9.17) is 18.9 Å². The Hall–Kier alpha value is -3.84. The van der Waals surface area contributed by atoms with Crippen LogP contribution in [0.15, 0.2) is 66.7 Å². The monoisotopic (exact) mass is 462 g/mol. The minimum absolute atomic E-state index is 0.0937. The molecule has 0 bridgehead atoms. The van der Waals surface area contributed by atoms with Gasteiger partial charge in [0.15, 0.2) is 5.78 Å². The van der Waals surface area contributed by atoms with Crippen molar-refractivity contribution in [3.63, 3.8) is 0 Å². The summed E-state index contributed by atoms with van der Waals surface area (Å²) in [6.45, 7) is 1.13. The predicted octanol–water partition coefficient (Wildman–Crippen LogP) is 5.72. The highest BCUT2D eigenvalue weighted by Gasteiger charge is 2.22. The molecule has 6 nitrogen and oxygen atoms in total. The van der Waals surface area contributed by atoms with Gasteiger partial charge in [0, 0.05) is 33.0 Å². The summed E-state index contributed by atoms with van der Waals surface area (Å²) in [5.74, 6) is 1.47. The maximum atomic E-state index is 13.6. The van der Waals surface area contributed by atoms with Gasteiger partial charge in [-0.15, -0.1) is 11.3 Å². The summed E-state index contributed by atoms with van der Waals surface area (Å²) in [7, 11) is 3.24. The molecular weight excluding hydrogens is 440 g/mol. The molecule has 0 fully saturated rings. The summed E-state index contributed by atoms with van der Waals surface area (Å²) < 4.78 is 21.8. The molecule has 0 N–H and O–H groups in total. The predicted molar refractivity (Wildman–Crippen MR) is 128 cm³/mol. The molecule has 33 heavy (non-hydrogen) atoms. The molecule has 0 amide bonds. The summed E-state index contributed by atoms with van der Waals surface area (Å²) >= 11 is 1.55. The second kappa shape index (κ2) is 9.75. The standard InChI is InChI=1S/C26H22O6S/c1-16(27)31-15-32-20-10-4-17(5-11-20)25(28)24-22-13-12-21(30-3)14-23(22)33-26(24)18-6-8-19(29-2)9-7-18/h4-14H,15H2,1-3H3. The lowest BCUT2D eigenvalue weighted by Gasteiger charge is -2.08. The lowest BCUT2D eigenvalue weighted by atomic mass is 9.97. The van der Waals surface area contributed by atoms with Gasteiger partial charge in [0.05, 0.1) is 14.2 Å². The normalized spacial score (nSPS) is 10.6. The highest BCUT2D eigenvalue weighted by molar-refractivity contribution is 7.22. The summed E-state index contributed by atoms with van der Waals surface area (Å²) in [6, 6.07) is 20.1. The summed E-state index contributed by atoms with van der Waals surface area (Å²) in [5.41, 5.74) is 2.09. The second-order valence-electron chi connectivity index (χ2n) is 7.15.